The predicted octanol–water partition coefficient (Wildman–Crippen LogP) is 0.630. The minimum absolute atomic E-state index is 0.0220. The van der Waals surface area contributed by atoms with Crippen molar-refractivity contribution in [3.63, 3.8) is 0 Å². The van der Waals surface area contributed by atoms with Crippen molar-refractivity contribution >= 4 is 5.91 Å². The molecule has 21 heavy (non-hydrogen) atoms. The Kier molecular flexibility index (Phi) is 3.95. The van der Waals surface area contributed by atoms with Gasteiger partial charge in [-0.15, -0.1) is 0 Å². The molecule has 1 saturated carbocycles. The molecule has 7 nitrogen and oxygen atoms in total. The van der Waals surface area contributed by atoms with Gasteiger partial charge in [-0.1, -0.05) is 11.6 Å². The summed E-state index contributed by atoms with van der Waals surface area (Å²) >= 11 is 0. The Morgan fingerprint density at radius 3 is 2.95 bits per heavy atom. The van der Waals surface area contributed by atoms with Gasteiger partial charge in [-0.25, -0.2) is 0 Å². The fourth-order valence-corrected chi connectivity index (χ4v) is 3.03. The van der Waals surface area contributed by atoms with E-state index < -0.39 is 0 Å². The number of amides is 1. The molecule has 0 bridgehead atoms. The van der Waals surface area contributed by atoms with Crippen molar-refractivity contribution in [1.29, 1.82) is 0 Å². The first-order chi connectivity index (χ1) is 10.1. The molecule has 0 radical (unpaired) electrons. The summed E-state index contributed by atoms with van der Waals surface area (Å²) in [5.41, 5.74) is 0.0220. The summed E-state index contributed by atoms with van der Waals surface area (Å²) in [5, 5.41) is 7.34. The van der Waals surface area contributed by atoms with Gasteiger partial charge in [-0.05, 0) is 19.3 Å². The van der Waals surface area contributed by atoms with E-state index in [-0.39, 0.29) is 17.4 Å². The first kappa shape index (κ1) is 14.5. The van der Waals surface area contributed by atoms with Gasteiger partial charge in [-0.3, -0.25) is 10.1 Å². The number of hydrogen-bond donors (Lipinski definition) is 1. The lowest BCUT2D eigenvalue weighted by Gasteiger charge is -2.38. The SMILES string of the molecule is COCCC1(c2noc(C3CN(C)C(=O)CN3)n2)CCC1. The van der Waals surface area contributed by atoms with Crippen LogP contribution in [0.15, 0.2) is 4.52 Å². The molecule has 1 aromatic heterocycles. The van der Waals surface area contributed by atoms with Gasteiger partial charge in [0.25, 0.3) is 0 Å². The topological polar surface area (TPSA) is 80.5 Å². The maximum atomic E-state index is 11.5. The van der Waals surface area contributed by atoms with Crippen molar-refractivity contribution in [1.82, 2.24) is 20.4 Å². The van der Waals surface area contributed by atoms with Gasteiger partial charge >= 0.3 is 0 Å². The number of likely N-dealkylation sites (N-methyl/N-ethyl adjacent to an activating group) is 1. The monoisotopic (exact) mass is 294 g/mol. The van der Waals surface area contributed by atoms with Crippen molar-refractivity contribution in [2.45, 2.75) is 37.1 Å². The molecule has 2 heterocycles. The Bertz CT molecular complexity index is 512. The summed E-state index contributed by atoms with van der Waals surface area (Å²) in [4.78, 5) is 17.8. The fourth-order valence-electron chi connectivity index (χ4n) is 3.03. The van der Waals surface area contributed by atoms with Crippen LogP contribution < -0.4 is 5.32 Å². The minimum Gasteiger partial charge on any atom is -0.385 e. The summed E-state index contributed by atoms with van der Waals surface area (Å²) in [5.74, 6) is 1.46. The van der Waals surface area contributed by atoms with E-state index in [1.165, 1.54) is 6.42 Å². The van der Waals surface area contributed by atoms with E-state index in [2.05, 4.69) is 15.5 Å². The lowest BCUT2D eigenvalue weighted by atomic mass is 9.66. The molecule has 2 fully saturated rings. The Labute approximate surface area is 124 Å². The molecule has 7 heteroatoms. The fraction of sp³-hybridized carbons (Fsp3) is 0.786. The molecule has 1 aromatic rings. The lowest BCUT2D eigenvalue weighted by Crippen LogP contribution is -2.48. The summed E-state index contributed by atoms with van der Waals surface area (Å²) < 4.78 is 10.6. The van der Waals surface area contributed by atoms with Crippen molar-refractivity contribution in [3.05, 3.63) is 11.7 Å². The zero-order chi connectivity index (χ0) is 14.9. The zero-order valence-electron chi connectivity index (χ0n) is 12.6. The number of carbonyl (C=O) groups is 1. The minimum atomic E-state index is -0.0755. The van der Waals surface area contributed by atoms with E-state index in [1.807, 2.05) is 0 Å². The number of piperazine rings is 1. The van der Waals surface area contributed by atoms with E-state index in [0.29, 0.717) is 25.6 Å². The van der Waals surface area contributed by atoms with E-state index in [4.69, 9.17) is 9.26 Å². The average Bonchev–Trinajstić information content (AvgIpc) is 2.91. The summed E-state index contributed by atoms with van der Waals surface area (Å²) in [6.07, 6.45) is 4.31. The standard InChI is InChI=1S/C14H22N4O3/c1-18-9-10(15-8-11(18)19)12-16-13(17-21-12)14(4-3-5-14)6-7-20-2/h10,15H,3-9H2,1-2H3. The molecule has 1 aliphatic carbocycles. The van der Waals surface area contributed by atoms with Gasteiger partial charge in [0.15, 0.2) is 5.82 Å². The van der Waals surface area contributed by atoms with Gasteiger partial charge in [0.1, 0.15) is 6.04 Å². The molecule has 1 amide bonds. The van der Waals surface area contributed by atoms with E-state index >= 15 is 0 Å². The zero-order valence-corrected chi connectivity index (χ0v) is 12.6. The lowest BCUT2D eigenvalue weighted by molar-refractivity contribution is -0.131. The maximum Gasteiger partial charge on any atom is 0.245 e. The second kappa shape index (κ2) is 5.73. The molecule has 1 N–H and O–H groups in total. The molecule has 116 valence electrons. The van der Waals surface area contributed by atoms with Crippen molar-refractivity contribution in [2.75, 3.05) is 33.9 Å². The van der Waals surface area contributed by atoms with Gasteiger partial charge in [0, 0.05) is 32.7 Å². The number of rotatable bonds is 5. The van der Waals surface area contributed by atoms with Crippen LogP contribution in [0, 0.1) is 0 Å². The number of carbonyl (C=O) groups excluding carboxylic acids is 1. The van der Waals surface area contributed by atoms with Gasteiger partial charge in [0.2, 0.25) is 11.8 Å². The van der Waals surface area contributed by atoms with Crippen molar-refractivity contribution in [3.8, 4) is 0 Å². The maximum absolute atomic E-state index is 11.5. The number of hydrogen-bond acceptors (Lipinski definition) is 6. The third-order valence-corrected chi connectivity index (χ3v) is 4.69. The highest BCUT2D eigenvalue weighted by atomic mass is 16.5. The normalized spacial score (nSPS) is 25.0. The van der Waals surface area contributed by atoms with Crippen LogP contribution in [-0.2, 0) is 14.9 Å². The predicted molar refractivity (Wildman–Crippen MR) is 74.7 cm³/mol. The molecule has 1 unspecified atom stereocenters. The number of nitrogens with zero attached hydrogens (tertiary/aromatic N) is 3. The first-order valence-corrected chi connectivity index (χ1v) is 7.45. The van der Waals surface area contributed by atoms with Crippen LogP contribution in [0.2, 0.25) is 0 Å². The third kappa shape index (κ3) is 2.67. The number of methoxy groups -OCH3 is 1. The van der Waals surface area contributed by atoms with Gasteiger partial charge in [0.05, 0.1) is 6.54 Å². The molecular weight excluding hydrogens is 272 g/mol. The number of aromatic nitrogens is 2. The first-order valence-electron chi connectivity index (χ1n) is 7.45. The molecular formula is C14H22N4O3. The van der Waals surface area contributed by atoms with Crippen LogP contribution >= 0.6 is 0 Å². The van der Waals surface area contributed by atoms with Crippen LogP contribution in [0.5, 0.6) is 0 Å². The quantitative estimate of drug-likeness (QED) is 0.858. The highest BCUT2D eigenvalue weighted by molar-refractivity contribution is 5.78. The summed E-state index contributed by atoms with van der Waals surface area (Å²) in [6, 6.07) is -0.0755. The van der Waals surface area contributed by atoms with Crippen LogP contribution in [0.3, 0.4) is 0 Å². The van der Waals surface area contributed by atoms with Gasteiger partial charge < -0.3 is 14.2 Å². The van der Waals surface area contributed by atoms with Crippen LogP contribution in [0.25, 0.3) is 0 Å². The molecule has 2 aliphatic rings. The highest BCUT2D eigenvalue weighted by Crippen LogP contribution is 2.45. The summed E-state index contributed by atoms with van der Waals surface area (Å²) in [7, 11) is 3.51. The van der Waals surface area contributed by atoms with Crippen molar-refractivity contribution < 1.29 is 14.1 Å². The Hall–Kier alpha value is -1.47. The second-order valence-corrected chi connectivity index (χ2v) is 6.04. The Morgan fingerprint density at radius 1 is 1.52 bits per heavy atom. The van der Waals surface area contributed by atoms with Gasteiger partial charge in [-0.2, -0.15) is 4.98 Å². The number of ether oxygens (including phenoxy) is 1. The van der Waals surface area contributed by atoms with Crippen molar-refractivity contribution in [2.24, 2.45) is 0 Å². The Morgan fingerprint density at radius 2 is 2.33 bits per heavy atom. The highest BCUT2D eigenvalue weighted by Gasteiger charge is 2.43. The summed E-state index contributed by atoms with van der Waals surface area (Å²) in [6.45, 7) is 1.59. The van der Waals surface area contributed by atoms with Crippen LogP contribution in [0.4, 0.5) is 0 Å². The third-order valence-electron chi connectivity index (χ3n) is 4.69. The molecule has 1 saturated heterocycles. The van der Waals surface area contributed by atoms with E-state index in [0.717, 1.165) is 25.1 Å². The molecule has 3 rings (SSSR count). The average molecular weight is 294 g/mol. The smallest absolute Gasteiger partial charge is 0.245 e. The van der Waals surface area contributed by atoms with E-state index in [1.54, 1.807) is 19.1 Å². The molecule has 1 atom stereocenters. The largest absolute Gasteiger partial charge is 0.385 e. The van der Waals surface area contributed by atoms with E-state index in [9.17, 15) is 4.79 Å². The van der Waals surface area contributed by atoms with Crippen LogP contribution in [-0.4, -0.2) is 54.8 Å². The molecule has 1 aliphatic heterocycles. The number of nitrogens with one attached hydrogen (secondary N) is 1. The Balaban J connectivity index is 1.72. The molecule has 0 aromatic carbocycles. The second-order valence-electron chi connectivity index (χ2n) is 6.04. The molecule has 0 spiro atoms. The van der Waals surface area contributed by atoms with Crippen LogP contribution in [0.1, 0.15) is 43.4 Å².